The van der Waals surface area contributed by atoms with Crippen LogP contribution >= 0.6 is 23.2 Å². The topological polar surface area (TPSA) is 40.6 Å². The Balaban J connectivity index is 1.23. The van der Waals surface area contributed by atoms with Crippen molar-refractivity contribution in [2.24, 2.45) is 17.8 Å². The summed E-state index contributed by atoms with van der Waals surface area (Å²) in [5.74, 6) is -0.801. The predicted molar refractivity (Wildman–Crippen MR) is 147 cm³/mol. The number of nitrogens with zero attached hydrogens (tertiary/aromatic N) is 2. The van der Waals surface area contributed by atoms with Crippen molar-refractivity contribution in [1.29, 1.82) is 0 Å². The second-order valence-corrected chi connectivity index (χ2v) is 12.0. The number of benzene rings is 2. The lowest BCUT2D eigenvalue weighted by Gasteiger charge is -2.33. The maximum atomic E-state index is 13.1. The summed E-state index contributed by atoms with van der Waals surface area (Å²) >= 11 is 13.3. The Labute approximate surface area is 237 Å². The van der Waals surface area contributed by atoms with Gasteiger partial charge in [0.1, 0.15) is 0 Å². The van der Waals surface area contributed by atoms with E-state index in [9.17, 15) is 22.8 Å². The summed E-state index contributed by atoms with van der Waals surface area (Å²) < 4.78 is 38.8. The van der Waals surface area contributed by atoms with Crippen LogP contribution < -0.4 is 0 Å². The number of carbonyl (C=O) groups excluding carboxylic acids is 2. The number of piperidine rings is 1. The van der Waals surface area contributed by atoms with Gasteiger partial charge in [0, 0.05) is 53.3 Å². The molecule has 1 atom stereocenters. The first-order valence-electron chi connectivity index (χ1n) is 13.8. The maximum absolute atomic E-state index is 13.1. The van der Waals surface area contributed by atoms with E-state index >= 15 is 0 Å². The van der Waals surface area contributed by atoms with Gasteiger partial charge in [-0.05, 0) is 73.4 Å². The molecule has 0 radical (unpaired) electrons. The molecule has 2 aliphatic heterocycles. The molecule has 5 rings (SSSR count). The highest BCUT2D eigenvalue weighted by Crippen LogP contribution is 2.39. The van der Waals surface area contributed by atoms with Gasteiger partial charge in [-0.25, -0.2) is 0 Å². The maximum Gasteiger partial charge on any atom is 0.391 e. The molecule has 0 aromatic heterocycles. The summed E-state index contributed by atoms with van der Waals surface area (Å²) in [7, 11) is 0. The summed E-state index contributed by atoms with van der Waals surface area (Å²) in [5.41, 5.74) is 2.76. The Morgan fingerprint density at radius 2 is 1.46 bits per heavy atom. The fraction of sp³-hybridized carbons (Fsp3) is 0.533. The number of hydrogen-bond donors (Lipinski definition) is 0. The van der Waals surface area contributed by atoms with Gasteiger partial charge < -0.3 is 9.80 Å². The van der Waals surface area contributed by atoms with E-state index < -0.39 is 12.1 Å². The van der Waals surface area contributed by atoms with E-state index in [1.165, 1.54) is 24.2 Å². The first-order chi connectivity index (χ1) is 18.6. The van der Waals surface area contributed by atoms with Crippen molar-refractivity contribution in [3.63, 3.8) is 0 Å². The number of amides is 2. The number of carbonyl (C=O) groups is 2. The highest BCUT2D eigenvalue weighted by Gasteiger charge is 2.42. The van der Waals surface area contributed by atoms with Crippen molar-refractivity contribution in [2.75, 3.05) is 19.6 Å². The third-order valence-corrected chi connectivity index (χ3v) is 9.43. The first-order valence-corrected chi connectivity index (χ1v) is 14.6. The van der Waals surface area contributed by atoms with Crippen LogP contribution in [0.3, 0.4) is 0 Å². The number of rotatable bonds is 5. The lowest BCUT2D eigenvalue weighted by Crippen LogP contribution is -2.42. The van der Waals surface area contributed by atoms with Gasteiger partial charge in [-0.2, -0.15) is 13.2 Å². The van der Waals surface area contributed by atoms with E-state index in [2.05, 4.69) is 0 Å². The van der Waals surface area contributed by atoms with Crippen LogP contribution in [0.15, 0.2) is 36.4 Å². The fourth-order valence-corrected chi connectivity index (χ4v) is 7.01. The van der Waals surface area contributed by atoms with Crippen molar-refractivity contribution in [2.45, 2.75) is 64.1 Å². The Morgan fingerprint density at radius 3 is 2.05 bits per heavy atom. The summed E-state index contributed by atoms with van der Waals surface area (Å²) in [4.78, 5) is 29.3. The van der Waals surface area contributed by atoms with E-state index in [1.54, 1.807) is 24.3 Å². The minimum Gasteiger partial charge on any atom is -0.339 e. The van der Waals surface area contributed by atoms with Gasteiger partial charge in [0.25, 0.3) is 5.91 Å². The van der Waals surface area contributed by atoms with Crippen molar-refractivity contribution in [1.82, 2.24) is 9.80 Å². The zero-order chi connectivity index (χ0) is 27.7. The zero-order valence-corrected chi connectivity index (χ0v) is 23.3. The molecule has 0 N–H and O–H groups in total. The molecule has 9 heteroatoms. The molecule has 39 heavy (non-hydrogen) atoms. The second kappa shape index (κ2) is 11.7. The van der Waals surface area contributed by atoms with Crippen molar-refractivity contribution in [3.8, 4) is 11.1 Å². The van der Waals surface area contributed by atoms with Gasteiger partial charge in [-0.15, -0.1) is 0 Å². The molecule has 3 aliphatic rings. The van der Waals surface area contributed by atoms with Crippen molar-refractivity contribution < 1.29 is 22.8 Å². The lowest BCUT2D eigenvalue weighted by molar-refractivity contribution is -0.183. The number of alkyl halides is 3. The molecule has 0 bridgehead atoms. The number of halogens is 5. The average molecular weight is 582 g/mol. The lowest BCUT2D eigenvalue weighted by atomic mass is 9.79. The van der Waals surface area contributed by atoms with Crippen LogP contribution in [0.5, 0.6) is 0 Å². The Morgan fingerprint density at radius 1 is 0.846 bits per heavy atom. The molecule has 2 amide bonds. The van der Waals surface area contributed by atoms with Crippen LogP contribution in [0.4, 0.5) is 13.2 Å². The van der Waals surface area contributed by atoms with Crippen LogP contribution in [-0.2, 0) is 11.3 Å². The zero-order valence-electron chi connectivity index (χ0n) is 21.8. The van der Waals surface area contributed by atoms with Gasteiger partial charge in [0.05, 0.1) is 5.92 Å². The van der Waals surface area contributed by atoms with Crippen LogP contribution in [0, 0.1) is 17.8 Å². The molecule has 2 heterocycles. The molecule has 210 valence electrons. The average Bonchev–Trinajstić information content (AvgIpc) is 3.30. The van der Waals surface area contributed by atoms with E-state index in [1.807, 2.05) is 17.0 Å². The van der Waals surface area contributed by atoms with E-state index in [4.69, 9.17) is 23.2 Å². The molecule has 3 fully saturated rings. The summed E-state index contributed by atoms with van der Waals surface area (Å²) in [6.45, 7) is 1.30. The monoisotopic (exact) mass is 580 g/mol. The van der Waals surface area contributed by atoms with E-state index in [0.717, 1.165) is 42.5 Å². The standard InChI is InChI=1S/C30H33Cl2F3N2O2/c31-26-16-22(17-27(32)25(26)18-37-15-12-24(29(37)39)20-4-2-1-3-5-20)19-6-8-21(9-7-19)28(38)36-13-10-23(11-14-36)30(33,34)35/h6-9,16-17,20,23-24H,1-5,10-15,18H2. The third-order valence-electron chi connectivity index (χ3n) is 8.76. The van der Waals surface area contributed by atoms with Crippen LogP contribution in [0.25, 0.3) is 11.1 Å². The van der Waals surface area contributed by atoms with Crippen molar-refractivity contribution in [3.05, 3.63) is 57.6 Å². The van der Waals surface area contributed by atoms with Crippen molar-refractivity contribution >= 4 is 35.0 Å². The Kier molecular flexibility index (Phi) is 8.48. The molecule has 2 aromatic rings. The molecule has 4 nitrogen and oxygen atoms in total. The fourth-order valence-electron chi connectivity index (χ4n) is 6.40. The first kappa shape index (κ1) is 28.3. The van der Waals surface area contributed by atoms with E-state index in [0.29, 0.717) is 28.1 Å². The highest BCUT2D eigenvalue weighted by molar-refractivity contribution is 6.36. The third kappa shape index (κ3) is 6.25. The normalized spacial score (nSPS) is 21.6. The molecule has 2 saturated heterocycles. The minimum atomic E-state index is -4.21. The predicted octanol–water partition coefficient (Wildman–Crippen LogP) is 8.00. The van der Waals surface area contributed by atoms with Gasteiger partial charge in [-0.1, -0.05) is 54.6 Å². The molecule has 0 spiro atoms. The summed E-state index contributed by atoms with van der Waals surface area (Å²) in [6, 6.07) is 10.6. The molecule has 2 aromatic carbocycles. The SMILES string of the molecule is O=C(c1ccc(-c2cc(Cl)c(CN3CCC(C4CCCCC4)C3=O)c(Cl)c2)cc1)N1CCC(C(F)(F)F)CC1. The van der Waals surface area contributed by atoms with E-state index in [-0.39, 0.29) is 43.7 Å². The smallest absolute Gasteiger partial charge is 0.339 e. The molecular formula is C30H33Cl2F3N2O2. The number of likely N-dealkylation sites (tertiary alicyclic amines) is 2. The molecule has 1 unspecified atom stereocenters. The van der Waals surface area contributed by atoms with Gasteiger partial charge in [0.2, 0.25) is 5.91 Å². The minimum absolute atomic E-state index is 0.0685. The van der Waals surface area contributed by atoms with Gasteiger partial charge in [0.15, 0.2) is 0 Å². The molecule has 1 aliphatic carbocycles. The summed E-state index contributed by atoms with van der Waals surface area (Å²) in [6.07, 6.45) is 2.51. The van der Waals surface area contributed by atoms with Gasteiger partial charge >= 0.3 is 6.18 Å². The second-order valence-electron chi connectivity index (χ2n) is 11.2. The van der Waals surface area contributed by atoms with Crippen LogP contribution in [-0.4, -0.2) is 47.4 Å². The largest absolute Gasteiger partial charge is 0.391 e. The summed E-state index contributed by atoms with van der Waals surface area (Å²) in [5, 5.41) is 0.971. The Hall–Kier alpha value is -2.25. The van der Waals surface area contributed by atoms with Crippen LogP contribution in [0.2, 0.25) is 10.0 Å². The molecule has 1 saturated carbocycles. The molecular weight excluding hydrogens is 548 g/mol. The quantitative estimate of drug-likeness (QED) is 0.359. The Bertz CT molecular complexity index is 1180. The van der Waals surface area contributed by atoms with Gasteiger partial charge in [-0.3, -0.25) is 9.59 Å². The number of hydrogen-bond acceptors (Lipinski definition) is 2. The van der Waals surface area contributed by atoms with Crippen LogP contribution in [0.1, 0.15) is 67.3 Å². The highest BCUT2D eigenvalue weighted by atomic mass is 35.5.